The Kier molecular flexibility index (Phi) is 3.98. The molecule has 1 atom stereocenters. The summed E-state index contributed by atoms with van der Waals surface area (Å²) in [4.78, 5) is 15.0. The lowest BCUT2D eigenvalue weighted by Crippen LogP contribution is -2.42. The predicted molar refractivity (Wildman–Crippen MR) is 87.2 cm³/mol. The summed E-state index contributed by atoms with van der Waals surface area (Å²) in [5.74, 6) is -0.334. The zero-order valence-corrected chi connectivity index (χ0v) is 12.5. The number of nitrogens with one attached hydrogen (secondary N) is 2. The van der Waals surface area contributed by atoms with Crippen molar-refractivity contribution in [2.45, 2.75) is 19.0 Å². The minimum absolute atomic E-state index is 0.334. The third-order valence-electron chi connectivity index (χ3n) is 4.02. The van der Waals surface area contributed by atoms with Crippen LogP contribution in [-0.2, 0) is 24.8 Å². The van der Waals surface area contributed by atoms with E-state index in [1.165, 1.54) is 0 Å². The number of para-hydroxylation sites is 1. The minimum Gasteiger partial charge on any atom is -0.368 e. The second kappa shape index (κ2) is 6.07. The van der Waals surface area contributed by atoms with Crippen LogP contribution < -0.4 is 11.1 Å². The van der Waals surface area contributed by atoms with Gasteiger partial charge in [-0.25, -0.2) is 0 Å². The molecule has 3 rings (SSSR count). The highest BCUT2D eigenvalue weighted by atomic mass is 16.1. The minimum atomic E-state index is -0.394. The first-order chi connectivity index (χ1) is 10.6. The molecule has 2 aromatic heterocycles. The molecule has 0 aliphatic rings. The number of rotatable bonds is 6. The van der Waals surface area contributed by atoms with E-state index in [0.29, 0.717) is 13.0 Å². The Bertz CT molecular complexity index is 787. The summed E-state index contributed by atoms with van der Waals surface area (Å²) in [6.07, 6.45) is 4.50. The molecule has 5 nitrogen and oxygen atoms in total. The molecule has 0 bridgehead atoms. The van der Waals surface area contributed by atoms with Gasteiger partial charge in [0.05, 0.1) is 6.04 Å². The number of aromatic amines is 1. The summed E-state index contributed by atoms with van der Waals surface area (Å²) < 4.78 is 2.02. The van der Waals surface area contributed by atoms with Crippen molar-refractivity contribution in [1.82, 2.24) is 14.9 Å². The highest BCUT2D eigenvalue weighted by Crippen LogP contribution is 2.19. The van der Waals surface area contributed by atoms with E-state index >= 15 is 0 Å². The zero-order valence-electron chi connectivity index (χ0n) is 12.5. The number of aromatic nitrogens is 2. The first kappa shape index (κ1) is 14.4. The molecular formula is C17H20N4O. The Morgan fingerprint density at radius 3 is 2.86 bits per heavy atom. The molecule has 22 heavy (non-hydrogen) atoms. The normalized spacial score (nSPS) is 12.6. The maximum atomic E-state index is 11.7. The number of carbonyl (C=O) groups excluding carboxylic acids is 1. The van der Waals surface area contributed by atoms with Gasteiger partial charge in [0.1, 0.15) is 0 Å². The van der Waals surface area contributed by atoms with Gasteiger partial charge in [0.25, 0.3) is 0 Å². The van der Waals surface area contributed by atoms with Gasteiger partial charge in [-0.1, -0.05) is 18.2 Å². The highest BCUT2D eigenvalue weighted by Gasteiger charge is 2.17. The summed E-state index contributed by atoms with van der Waals surface area (Å²) in [5, 5.41) is 4.39. The Hall–Kier alpha value is -2.53. The van der Waals surface area contributed by atoms with Crippen LogP contribution in [0.3, 0.4) is 0 Å². The molecule has 1 aromatic carbocycles. The number of amides is 1. The fourth-order valence-electron chi connectivity index (χ4n) is 2.70. The van der Waals surface area contributed by atoms with Crippen LogP contribution in [0.25, 0.3) is 10.9 Å². The van der Waals surface area contributed by atoms with E-state index in [4.69, 9.17) is 5.73 Å². The van der Waals surface area contributed by atoms with Gasteiger partial charge in [0, 0.05) is 42.6 Å². The SMILES string of the molecule is Cn1cccc1CNC(Cc1c[nH]c2ccccc12)C(N)=O. The average molecular weight is 296 g/mol. The van der Waals surface area contributed by atoms with E-state index in [-0.39, 0.29) is 5.91 Å². The third kappa shape index (κ3) is 2.89. The van der Waals surface area contributed by atoms with Crippen LogP contribution in [0, 0.1) is 0 Å². The number of H-pyrrole nitrogens is 1. The molecule has 0 saturated heterocycles. The molecule has 0 saturated carbocycles. The topological polar surface area (TPSA) is 75.8 Å². The Labute approximate surface area is 129 Å². The lowest BCUT2D eigenvalue weighted by molar-refractivity contribution is -0.120. The van der Waals surface area contributed by atoms with Crippen LogP contribution in [0.1, 0.15) is 11.3 Å². The smallest absolute Gasteiger partial charge is 0.234 e. The lowest BCUT2D eigenvalue weighted by Gasteiger charge is -2.15. The molecule has 3 aromatic rings. The van der Waals surface area contributed by atoms with Gasteiger partial charge < -0.3 is 15.3 Å². The molecule has 2 heterocycles. The van der Waals surface area contributed by atoms with Crippen molar-refractivity contribution in [2.75, 3.05) is 0 Å². The van der Waals surface area contributed by atoms with Crippen LogP contribution in [0.4, 0.5) is 0 Å². The van der Waals surface area contributed by atoms with Crippen molar-refractivity contribution in [2.24, 2.45) is 12.8 Å². The third-order valence-corrected chi connectivity index (χ3v) is 4.02. The van der Waals surface area contributed by atoms with E-state index in [2.05, 4.69) is 16.4 Å². The first-order valence-electron chi connectivity index (χ1n) is 7.33. The van der Waals surface area contributed by atoms with Gasteiger partial charge >= 0.3 is 0 Å². The molecule has 0 fully saturated rings. The number of aryl methyl sites for hydroxylation is 1. The average Bonchev–Trinajstić information content (AvgIpc) is 3.10. The van der Waals surface area contributed by atoms with Crippen LogP contribution in [0.15, 0.2) is 48.8 Å². The standard InChI is InChI=1S/C17H20N4O/c1-21-8-4-5-13(21)11-20-16(17(18)22)9-12-10-19-15-7-3-2-6-14(12)15/h2-8,10,16,19-20H,9,11H2,1H3,(H2,18,22). The van der Waals surface area contributed by atoms with Crippen molar-refractivity contribution >= 4 is 16.8 Å². The Morgan fingerprint density at radius 1 is 1.32 bits per heavy atom. The number of primary amides is 1. The summed E-state index contributed by atoms with van der Waals surface area (Å²) >= 11 is 0. The molecule has 0 aliphatic heterocycles. The number of fused-ring (bicyclic) bond motifs is 1. The van der Waals surface area contributed by atoms with Crippen LogP contribution >= 0.6 is 0 Å². The van der Waals surface area contributed by atoms with Gasteiger partial charge in [-0.15, -0.1) is 0 Å². The number of hydrogen-bond acceptors (Lipinski definition) is 2. The van der Waals surface area contributed by atoms with Gasteiger partial charge in [-0.2, -0.15) is 0 Å². The number of nitrogens with two attached hydrogens (primary N) is 1. The van der Waals surface area contributed by atoms with Gasteiger partial charge in [-0.05, 0) is 30.2 Å². The molecule has 0 spiro atoms. The molecule has 0 aliphatic carbocycles. The summed E-state index contributed by atoms with van der Waals surface area (Å²) in [6, 6.07) is 11.7. The second-order valence-electron chi connectivity index (χ2n) is 5.51. The van der Waals surface area contributed by atoms with Gasteiger partial charge in [0.2, 0.25) is 5.91 Å². The fraction of sp³-hybridized carbons (Fsp3) is 0.235. The second-order valence-corrected chi connectivity index (χ2v) is 5.51. The largest absolute Gasteiger partial charge is 0.368 e. The van der Waals surface area contributed by atoms with Crippen molar-refractivity contribution in [1.29, 1.82) is 0 Å². The number of nitrogens with zero attached hydrogens (tertiary/aromatic N) is 1. The summed E-state index contributed by atoms with van der Waals surface area (Å²) in [5.41, 5.74) is 8.84. The maximum absolute atomic E-state index is 11.7. The fourth-order valence-corrected chi connectivity index (χ4v) is 2.70. The molecular weight excluding hydrogens is 276 g/mol. The van der Waals surface area contributed by atoms with Crippen LogP contribution in [-0.4, -0.2) is 21.5 Å². The van der Waals surface area contributed by atoms with Gasteiger partial charge in [-0.3, -0.25) is 10.1 Å². The quantitative estimate of drug-likeness (QED) is 0.647. The molecule has 5 heteroatoms. The van der Waals surface area contributed by atoms with E-state index in [9.17, 15) is 4.79 Å². The molecule has 1 unspecified atom stereocenters. The summed E-state index contributed by atoms with van der Waals surface area (Å²) in [6.45, 7) is 0.611. The van der Waals surface area contributed by atoms with Crippen molar-refractivity contribution in [3.05, 3.63) is 60.0 Å². The highest BCUT2D eigenvalue weighted by molar-refractivity contribution is 5.85. The van der Waals surface area contributed by atoms with Crippen LogP contribution in [0.5, 0.6) is 0 Å². The molecule has 0 radical (unpaired) electrons. The van der Waals surface area contributed by atoms with E-state index < -0.39 is 6.04 Å². The lowest BCUT2D eigenvalue weighted by atomic mass is 10.0. The molecule has 1 amide bonds. The van der Waals surface area contributed by atoms with Crippen LogP contribution in [0.2, 0.25) is 0 Å². The number of benzene rings is 1. The first-order valence-corrected chi connectivity index (χ1v) is 7.33. The summed E-state index contributed by atoms with van der Waals surface area (Å²) in [7, 11) is 1.98. The van der Waals surface area contributed by atoms with Crippen molar-refractivity contribution in [3.8, 4) is 0 Å². The Morgan fingerprint density at radius 2 is 2.14 bits per heavy atom. The number of carbonyl (C=O) groups is 1. The maximum Gasteiger partial charge on any atom is 0.234 e. The van der Waals surface area contributed by atoms with Gasteiger partial charge in [0.15, 0.2) is 0 Å². The molecule has 114 valence electrons. The monoisotopic (exact) mass is 296 g/mol. The van der Waals surface area contributed by atoms with Crippen molar-refractivity contribution in [3.63, 3.8) is 0 Å². The van der Waals surface area contributed by atoms with E-state index in [0.717, 1.165) is 22.2 Å². The molecule has 4 N–H and O–H groups in total. The predicted octanol–water partition coefficient (Wildman–Crippen LogP) is 1.69. The number of hydrogen-bond donors (Lipinski definition) is 3. The van der Waals surface area contributed by atoms with E-state index in [1.54, 1.807) is 0 Å². The van der Waals surface area contributed by atoms with Crippen molar-refractivity contribution < 1.29 is 4.79 Å². The van der Waals surface area contributed by atoms with E-state index in [1.807, 2.05) is 54.3 Å². The Balaban J connectivity index is 1.74. The zero-order chi connectivity index (χ0) is 15.5.